The first-order valence-corrected chi connectivity index (χ1v) is 8.41. The number of nitriles is 1. The van der Waals surface area contributed by atoms with Crippen molar-refractivity contribution in [1.82, 2.24) is 4.98 Å². The first-order valence-electron chi connectivity index (χ1n) is 8.03. The number of esters is 1. The molecule has 1 atom stereocenters. The van der Waals surface area contributed by atoms with Crippen molar-refractivity contribution in [3.8, 4) is 6.07 Å². The van der Waals surface area contributed by atoms with E-state index in [1.807, 2.05) is 6.07 Å². The maximum absolute atomic E-state index is 12.6. The van der Waals surface area contributed by atoms with E-state index in [4.69, 9.17) is 21.6 Å². The summed E-state index contributed by atoms with van der Waals surface area (Å²) >= 11 is 5.71. The van der Waals surface area contributed by atoms with E-state index in [1.54, 1.807) is 24.3 Å². The van der Waals surface area contributed by atoms with E-state index in [0.29, 0.717) is 23.4 Å². The van der Waals surface area contributed by atoms with Crippen LogP contribution in [0.1, 0.15) is 23.6 Å². The van der Waals surface area contributed by atoms with Crippen LogP contribution in [0.25, 0.3) is 6.08 Å². The minimum atomic E-state index is -4.63. The molecule has 1 unspecified atom stereocenters. The number of amides is 1. The number of ether oxygens (including phenoxy) is 1. The zero-order chi connectivity index (χ0) is 21.6. The third-order valence-corrected chi connectivity index (χ3v) is 3.84. The predicted molar refractivity (Wildman–Crippen MR) is 98.6 cm³/mol. The molecule has 0 saturated carbocycles. The molecule has 150 valence electrons. The van der Waals surface area contributed by atoms with E-state index in [0.717, 1.165) is 6.08 Å². The number of aromatic nitrogens is 1. The molecule has 29 heavy (non-hydrogen) atoms. The molecule has 0 aliphatic heterocycles. The maximum Gasteiger partial charge on any atom is 0.417 e. The number of rotatable bonds is 5. The van der Waals surface area contributed by atoms with Crippen molar-refractivity contribution in [2.75, 3.05) is 5.32 Å². The van der Waals surface area contributed by atoms with Crippen LogP contribution in [-0.2, 0) is 20.5 Å². The number of nitrogens with one attached hydrogen (secondary N) is 1. The van der Waals surface area contributed by atoms with Gasteiger partial charge >= 0.3 is 12.1 Å². The molecule has 6 nitrogen and oxygen atoms in total. The lowest BCUT2D eigenvalue weighted by atomic mass is 10.1. The van der Waals surface area contributed by atoms with Gasteiger partial charge < -0.3 is 10.1 Å². The molecule has 0 spiro atoms. The molecule has 0 aliphatic carbocycles. The second-order valence-corrected chi connectivity index (χ2v) is 6.06. The molecule has 1 amide bonds. The van der Waals surface area contributed by atoms with Crippen LogP contribution in [-0.4, -0.2) is 23.0 Å². The molecule has 0 aliphatic rings. The molecule has 1 N–H and O–H groups in total. The Bertz CT molecular complexity index is 1000. The Balaban J connectivity index is 1.99. The largest absolute Gasteiger partial charge is 0.449 e. The number of anilines is 1. The van der Waals surface area contributed by atoms with Crippen molar-refractivity contribution < 1.29 is 27.5 Å². The number of carbonyl (C=O) groups excluding carboxylic acids is 2. The summed E-state index contributed by atoms with van der Waals surface area (Å²) in [7, 11) is 0. The van der Waals surface area contributed by atoms with Gasteiger partial charge in [0.25, 0.3) is 5.91 Å². The van der Waals surface area contributed by atoms with Crippen LogP contribution < -0.4 is 5.32 Å². The van der Waals surface area contributed by atoms with Crippen LogP contribution in [0, 0.1) is 11.3 Å². The van der Waals surface area contributed by atoms with Crippen LogP contribution in [0.3, 0.4) is 0 Å². The highest BCUT2D eigenvalue weighted by molar-refractivity contribution is 6.33. The van der Waals surface area contributed by atoms with E-state index in [1.165, 1.54) is 13.0 Å². The van der Waals surface area contributed by atoms with Gasteiger partial charge in [-0.25, -0.2) is 9.78 Å². The van der Waals surface area contributed by atoms with Crippen LogP contribution in [0.15, 0.2) is 42.6 Å². The van der Waals surface area contributed by atoms with Crippen LogP contribution in [0.2, 0.25) is 5.02 Å². The van der Waals surface area contributed by atoms with Crippen molar-refractivity contribution in [1.29, 1.82) is 5.26 Å². The fourth-order valence-corrected chi connectivity index (χ4v) is 2.29. The van der Waals surface area contributed by atoms with E-state index in [9.17, 15) is 22.8 Å². The SMILES string of the molecule is CC(OC(=O)C=Cc1ccccc1C#N)C(=O)Nc1ncc(C(F)(F)F)cc1Cl. The Morgan fingerprint density at radius 2 is 2.03 bits per heavy atom. The minimum absolute atomic E-state index is 0.300. The lowest BCUT2D eigenvalue weighted by Gasteiger charge is -2.13. The summed E-state index contributed by atoms with van der Waals surface area (Å²) in [5.41, 5.74) is -0.224. The average molecular weight is 424 g/mol. The number of hydrogen-bond donors (Lipinski definition) is 1. The Morgan fingerprint density at radius 1 is 1.34 bits per heavy atom. The summed E-state index contributed by atoms with van der Waals surface area (Å²) in [4.78, 5) is 27.4. The quantitative estimate of drug-likeness (QED) is 0.574. The monoisotopic (exact) mass is 423 g/mol. The van der Waals surface area contributed by atoms with Crippen LogP contribution >= 0.6 is 11.6 Å². The van der Waals surface area contributed by atoms with Crippen molar-refractivity contribution in [2.45, 2.75) is 19.2 Å². The molecule has 2 rings (SSSR count). The molecule has 0 bridgehead atoms. The van der Waals surface area contributed by atoms with Gasteiger partial charge in [-0.05, 0) is 30.7 Å². The number of pyridine rings is 1. The van der Waals surface area contributed by atoms with E-state index < -0.39 is 34.7 Å². The number of carbonyl (C=O) groups is 2. The Labute approximate surface area is 168 Å². The summed E-state index contributed by atoms with van der Waals surface area (Å²) in [6, 6.07) is 9.13. The van der Waals surface area contributed by atoms with Gasteiger partial charge in [0.05, 0.1) is 22.2 Å². The second-order valence-electron chi connectivity index (χ2n) is 5.65. The van der Waals surface area contributed by atoms with Crippen molar-refractivity contribution in [3.63, 3.8) is 0 Å². The lowest BCUT2D eigenvalue weighted by Crippen LogP contribution is -2.30. The summed E-state index contributed by atoms with van der Waals surface area (Å²) in [6.45, 7) is 1.27. The smallest absolute Gasteiger partial charge is 0.417 e. The number of benzene rings is 1. The normalized spacial score (nSPS) is 12.3. The zero-order valence-corrected chi connectivity index (χ0v) is 15.6. The van der Waals surface area contributed by atoms with Gasteiger partial charge in [-0.15, -0.1) is 0 Å². The fraction of sp³-hybridized carbons (Fsp3) is 0.158. The van der Waals surface area contributed by atoms with E-state index in [2.05, 4.69) is 10.3 Å². The third-order valence-electron chi connectivity index (χ3n) is 3.55. The Kier molecular flexibility index (Phi) is 6.96. The molecule has 1 heterocycles. The highest BCUT2D eigenvalue weighted by Crippen LogP contribution is 2.32. The first-order chi connectivity index (χ1) is 13.6. The topological polar surface area (TPSA) is 92.1 Å². The summed E-state index contributed by atoms with van der Waals surface area (Å²) in [5, 5.41) is 10.8. The van der Waals surface area contributed by atoms with Crippen molar-refractivity contribution >= 4 is 35.4 Å². The number of hydrogen-bond acceptors (Lipinski definition) is 5. The number of nitrogens with zero attached hydrogens (tertiary/aromatic N) is 2. The summed E-state index contributed by atoms with van der Waals surface area (Å²) in [5.74, 6) is -1.99. The van der Waals surface area contributed by atoms with Gasteiger partial charge in [0.2, 0.25) is 0 Å². The molecule has 0 saturated heterocycles. The lowest BCUT2D eigenvalue weighted by molar-refractivity contribution is -0.148. The van der Waals surface area contributed by atoms with Gasteiger partial charge in [-0.2, -0.15) is 18.4 Å². The maximum atomic E-state index is 12.6. The Hall–Kier alpha value is -3.38. The third kappa shape index (κ3) is 6.05. The predicted octanol–water partition coefficient (Wildman–Crippen LogP) is 4.21. The Morgan fingerprint density at radius 3 is 2.66 bits per heavy atom. The van der Waals surface area contributed by atoms with Crippen molar-refractivity contribution in [2.24, 2.45) is 0 Å². The van der Waals surface area contributed by atoms with Gasteiger partial charge in [-0.1, -0.05) is 29.8 Å². The highest BCUT2D eigenvalue weighted by Gasteiger charge is 2.32. The van der Waals surface area contributed by atoms with Gasteiger partial charge in [0.1, 0.15) is 0 Å². The first kappa shape index (κ1) is 21.9. The zero-order valence-electron chi connectivity index (χ0n) is 14.8. The highest BCUT2D eigenvalue weighted by atomic mass is 35.5. The summed E-state index contributed by atoms with van der Waals surface area (Å²) < 4.78 is 42.8. The molecule has 0 fully saturated rings. The van der Waals surface area contributed by atoms with Gasteiger partial charge in [0.15, 0.2) is 11.9 Å². The standard InChI is InChI=1S/C19H13ClF3N3O3/c1-11(29-16(27)7-6-12-4-2-3-5-13(12)9-24)18(28)26-17-15(20)8-14(10-25-17)19(21,22)23/h2-8,10-11H,1H3,(H,25,26,28). The fourth-order valence-electron chi connectivity index (χ4n) is 2.07. The molecular formula is C19H13ClF3N3O3. The van der Waals surface area contributed by atoms with Gasteiger partial charge in [-0.3, -0.25) is 4.79 Å². The van der Waals surface area contributed by atoms with E-state index in [-0.39, 0.29) is 5.82 Å². The van der Waals surface area contributed by atoms with Crippen LogP contribution in [0.5, 0.6) is 0 Å². The molecule has 10 heteroatoms. The minimum Gasteiger partial charge on any atom is -0.449 e. The molecule has 1 aromatic heterocycles. The number of alkyl halides is 3. The van der Waals surface area contributed by atoms with Gasteiger partial charge in [0, 0.05) is 12.3 Å². The molecular weight excluding hydrogens is 411 g/mol. The van der Waals surface area contributed by atoms with Crippen molar-refractivity contribution in [3.05, 3.63) is 64.3 Å². The second kappa shape index (κ2) is 9.21. The summed E-state index contributed by atoms with van der Waals surface area (Å²) in [6.07, 6.45) is -2.98. The molecule has 0 radical (unpaired) electrons. The molecule has 1 aromatic carbocycles. The van der Waals surface area contributed by atoms with Crippen LogP contribution in [0.4, 0.5) is 19.0 Å². The van der Waals surface area contributed by atoms with E-state index >= 15 is 0 Å². The molecule has 2 aromatic rings. The number of halogens is 4. The average Bonchev–Trinajstić information content (AvgIpc) is 2.67.